The lowest BCUT2D eigenvalue weighted by molar-refractivity contribution is 0.0935. The van der Waals surface area contributed by atoms with Crippen LogP contribution < -0.4 is 10.7 Å². The highest BCUT2D eigenvalue weighted by molar-refractivity contribution is 5.94. The van der Waals surface area contributed by atoms with Crippen LogP contribution in [0.4, 0.5) is 0 Å². The van der Waals surface area contributed by atoms with Gasteiger partial charge in [-0.3, -0.25) is 14.6 Å². The molecule has 0 saturated carbocycles. The van der Waals surface area contributed by atoms with Crippen LogP contribution in [0.1, 0.15) is 38.8 Å². The molecule has 0 saturated heterocycles. The average Bonchev–Trinajstić information content (AvgIpc) is 2.63. The first-order valence-corrected chi connectivity index (χ1v) is 8.48. The number of carbonyl (C=O) groups is 1. The van der Waals surface area contributed by atoms with Crippen LogP contribution in [0.25, 0.3) is 0 Å². The summed E-state index contributed by atoms with van der Waals surface area (Å²) in [5.41, 5.74) is 3.71. The Balaban J connectivity index is 1.87. The molecule has 2 heterocycles. The molecule has 0 bridgehead atoms. The molecule has 0 radical (unpaired) electrons. The maximum absolute atomic E-state index is 12.7. The van der Waals surface area contributed by atoms with Crippen molar-refractivity contribution in [3.63, 3.8) is 0 Å². The number of aromatic nitrogens is 2. The van der Waals surface area contributed by atoms with Gasteiger partial charge in [-0.2, -0.15) is 0 Å². The lowest BCUT2D eigenvalue weighted by atomic mass is 9.99. The van der Waals surface area contributed by atoms with Crippen molar-refractivity contribution in [3.8, 4) is 0 Å². The Hall–Kier alpha value is -3.21. The second-order valence-electron chi connectivity index (χ2n) is 6.40. The second kappa shape index (κ2) is 7.78. The van der Waals surface area contributed by atoms with E-state index in [9.17, 15) is 9.59 Å². The number of nitrogens with one attached hydrogen (secondary N) is 2. The average molecular weight is 347 g/mol. The van der Waals surface area contributed by atoms with E-state index in [0.29, 0.717) is 6.42 Å². The third-order valence-corrected chi connectivity index (χ3v) is 4.25. The molecule has 0 aliphatic heterocycles. The maximum atomic E-state index is 12.7. The first-order valence-electron chi connectivity index (χ1n) is 8.48. The summed E-state index contributed by atoms with van der Waals surface area (Å²) >= 11 is 0. The molecule has 5 heteroatoms. The molecule has 5 nitrogen and oxygen atoms in total. The van der Waals surface area contributed by atoms with Crippen molar-refractivity contribution in [1.82, 2.24) is 15.3 Å². The van der Waals surface area contributed by atoms with Crippen LogP contribution in [-0.4, -0.2) is 15.9 Å². The van der Waals surface area contributed by atoms with E-state index < -0.39 is 5.91 Å². The smallest absolute Gasteiger partial charge is 0.257 e. The summed E-state index contributed by atoms with van der Waals surface area (Å²) in [5, 5.41) is 2.97. The number of amides is 1. The monoisotopic (exact) mass is 347 g/mol. The van der Waals surface area contributed by atoms with E-state index in [1.807, 2.05) is 43.3 Å². The van der Waals surface area contributed by atoms with Gasteiger partial charge in [0.1, 0.15) is 5.56 Å². The molecule has 3 aromatic rings. The molecule has 1 unspecified atom stereocenters. The number of pyridine rings is 2. The topological polar surface area (TPSA) is 74.8 Å². The van der Waals surface area contributed by atoms with Gasteiger partial charge in [-0.15, -0.1) is 0 Å². The molecule has 3 rings (SSSR count). The van der Waals surface area contributed by atoms with Crippen molar-refractivity contribution in [1.29, 1.82) is 0 Å². The molecule has 0 spiro atoms. The van der Waals surface area contributed by atoms with Gasteiger partial charge in [0.05, 0.1) is 6.04 Å². The van der Waals surface area contributed by atoms with Crippen LogP contribution in [0.2, 0.25) is 0 Å². The molecular formula is C21H21N3O2. The second-order valence-corrected chi connectivity index (χ2v) is 6.40. The zero-order valence-corrected chi connectivity index (χ0v) is 14.8. The fourth-order valence-electron chi connectivity index (χ4n) is 2.78. The lowest BCUT2D eigenvalue weighted by Crippen LogP contribution is -2.33. The molecule has 0 aliphatic carbocycles. The van der Waals surface area contributed by atoms with Crippen LogP contribution >= 0.6 is 0 Å². The quantitative estimate of drug-likeness (QED) is 0.745. The number of hydrogen-bond donors (Lipinski definition) is 2. The standard InChI is InChI=1S/C21H21N3O2/c1-14-5-7-16(8-6-14)11-19(17-4-3-9-22-12-17)24-21(26)18-13-23-15(2)10-20(18)25/h3-10,12-13,19H,11H2,1-2H3,(H,23,25)(H,24,26). The van der Waals surface area contributed by atoms with Crippen molar-refractivity contribution >= 4 is 5.91 Å². The lowest BCUT2D eigenvalue weighted by Gasteiger charge is -2.19. The van der Waals surface area contributed by atoms with E-state index in [2.05, 4.69) is 15.3 Å². The van der Waals surface area contributed by atoms with Gasteiger partial charge in [0, 0.05) is 30.4 Å². The van der Waals surface area contributed by atoms with Gasteiger partial charge in [0.2, 0.25) is 0 Å². The summed E-state index contributed by atoms with van der Waals surface area (Å²) in [6.07, 6.45) is 5.50. The fourth-order valence-corrected chi connectivity index (χ4v) is 2.78. The molecule has 0 fully saturated rings. The SMILES string of the molecule is Cc1ccc(CC(NC(=O)c2c[nH]c(C)cc2=O)c2cccnc2)cc1. The summed E-state index contributed by atoms with van der Waals surface area (Å²) in [6.45, 7) is 3.81. The van der Waals surface area contributed by atoms with Crippen molar-refractivity contribution < 1.29 is 4.79 Å². The van der Waals surface area contributed by atoms with Crippen molar-refractivity contribution in [3.05, 3.63) is 99.2 Å². The molecule has 1 amide bonds. The Labute approximate surface area is 152 Å². The van der Waals surface area contributed by atoms with E-state index in [-0.39, 0.29) is 17.0 Å². The van der Waals surface area contributed by atoms with Crippen molar-refractivity contribution in [2.24, 2.45) is 0 Å². The number of aromatic amines is 1. The molecule has 26 heavy (non-hydrogen) atoms. The zero-order chi connectivity index (χ0) is 18.5. The van der Waals surface area contributed by atoms with Gasteiger partial charge in [0.25, 0.3) is 5.91 Å². The molecule has 132 valence electrons. The van der Waals surface area contributed by atoms with Gasteiger partial charge in [-0.1, -0.05) is 35.9 Å². The number of hydrogen-bond acceptors (Lipinski definition) is 3. The summed E-state index contributed by atoms with van der Waals surface area (Å²) in [7, 11) is 0. The van der Waals surface area contributed by atoms with Gasteiger partial charge in [-0.05, 0) is 37.5 Å². The Morgan fingerprint density at radius 2 is 1.96 bits per heavy atom. The molecular weight excluding hydrogens is 326 g/mol. The summed E-state index contributed by atoms with van der Waals surface area (Å²) < 4.78 is 0. The van der Waals surface area contributed by atoms with E-state index >= 15 is 0 Å². The van der Waals surface area contributed by atoms with Crippen LogP contribution in [0.5, 0.6) is 0 Å². The summed E-state index contributed by atoms with van der Waals surface area (Å²) in [4.78, 5) is 31.8. The van der Waals surface area contributed by atoms with Gasteiger partial charge in [0.15, 0.2) is 5.43 Å². The van der Waals surface area contributed by atoms with E-state index in [1.54, 1.807) is 19.3 Å². The molecule has 1 atom stereocenters. The largest absolute Gasteiger partial charge is 0.364 e. The van der Waals surface area contributed by atoms with E-state index in [0.717, 1.165) is 16.8 Å². The first kappa shape index (κ1) is 17.6. The summed E-state index contributed by atoms with van der Waals surface area (Å²) in [5.74, 6) is -0.396. The van der Waals surface area contributed by atoms with Crippen LogP contribution in [-0.2, 0) is 6.42 Å². The number of benzene rings is 1. The predicted octanol–water partition coefficient (Wildman–Crippen LogP) is 3.10. The predicted molar refractivity (Wildman–Crippen MR) is 101 cm³/mol. The fraction of sp³-hybridized carbons (Fsp3) is 0.190. The van der Waals surface area contributed by atoms with E-state index in [1.165, 1.54) is 17.8 Å². The number of aryl methyl sites for hydroxylation is 2. The van der Waals surface area contributed by atoms with Crippen LogP contribution in [0.3, 0.4) is 0 Å². The first-order chi connectivity index (χ1) is 12.5. The highest BCUT2D eigenvalue weighted by Crippen LogP contribution is 2.18. The highest BCUT2D eigenvalue weighted by atomic mass is 16.2. The van der Waals surface area contributed by atoms with E-state index in [4.69, 9.17) is 0 Å². The van der Waals surface area contributed by atoms with Gasteiger partial charge < -0.3 is 10.3 Å². The van der Waals surface area contributed by atoms with Crippen LogP contribution in [0, 0.1) is 13.8 Å². The minimum atomic E-state index is -0.396. The third kappa shape index (κ3) is 4.25. The highest BCUT2D eigenvalue weighted by Gasteiger charge is 2.18. The zero-order valence-electron chi connectivity index (χ0n) is 14.8. The third-order valence-electron chi connectivity index (χ3n) is 4.25. The number of H-pyrrole nitrogens is 1. The minimum absolute atomic E-state index is 0.105. The molecule has 2 aromatic heterocycles. The molecule has 2 N–H and O–H groups in total. The number of rotatable bonds is 5. The minimum Gasteiger partial charge on any atom is -0.364 e. The van der Waals surface area contributed by atoms with Crippen molar-refractivity contribution in [2.75, 3.05) is 0 Å². The Morgan fingerprint density at radius 3 is 2.62 bits per heavy atom. The van der Waals surface area contributed by atoms with Crippen molar-refractivity contribution in [2.45, 2.75) is 26.3 Å². The maximum Gasteiger partial charge on any atom is 0.257 e. The number of carbonyl (C=O) groups excluding carboxylic acids is 1. The Morgan fingerprint density at radius 1 is 1.19 bits per heavy atom. The molecule has 0 aliphatic rings. The Bertz CT molecular complexity index is 947. The normalized spacial score (nSPS) is 11.8. The van der Waals surface area contributed by atoms with Crippen LogP contribution in [0.15, 0.2) is 65.8 Å². The van der Waals surface area contributed by atoms with Gasteiger partial charge >= 0.3 is 0 Å². The number of nitrogens with zero attached hydrogens (tertiary/aromatic N) is 1. The van der Waals surface area contributed by atoms with Gasteiger partial charge in [-0.25, -0.2) is 0 Å². The Kier molecular flexibility index (Phi) is 5.27. The summed E-state index contributed by atoms with van der Waals surface area (Å²) in [6, 6.07) is 13.1. The molecule has 1 aromatic carbocycles.